The van der Waals surface area contributed by atoms with Gasteiger partial charge >= 0.3 is 0 Å². The second-order valence-corrected chi connectivity index (χ2v) is 6.02. The molecule has 0 spiro atoms. The van der Waals surface area contributed by atoms with Gasteiger partial charge in [0.15, 0.2) is 0 Å². The first-order chi connectivity index (χ1) is 9.24. The standard InChI is InChI=1S/C16H33N3/c1-2-3-4-5-6-7-8-9-13-19(15-10-11-15)14-12-16(17)18/h15H,2-14H2,1H3,(H3,17,18). The van der Waals surface area contributed by atoms with E-state index in [1.54, 1.807) is 0 Å². The first-order valence-electron chi connectivity index (χ1n) is 8.31. The van der Waals surface area contributed by atoms with Crippen LogP contribution in [0.15, 0.2) is 0 Å². The molecule has 112 valence electrons. The summed E-state index contributed by atoms with van der Waals surface area (Å²) in [7, 11) is 0. The number of amidine groups is 1. The predicted molar refractivity (Wildman–Crippen MR) is 83.7 cm³/mol. The molecule has 0 aromatic carbocycles. The first-order valence-corrected chi connectivity index (χ1v) is 8.31. The van der Waals surface area contributed by atoms with Gasteiger partial charge in [-0.1, -0.05) is 51.9 Å². The third kappa shape index (κ3) is 9.04. The molecule has 3 N–H and O–H groups in total. The Hall–Kier alpha value is -0.570. The Morgan fingerprint density at radius 2 is 1.58 bits per heavy atom. The Kier molecular flexibility index (Phi) is 8.89. The summed E-state index contributed by atoms with van der Waals surface area (Å²) in [6.07, 6.45) is 14.5. The van der Waals surface area contributed by atoms with Gasteiger partial charge < -0.3 is 5.73 Å². The Morgan fingerprint density at radius 1 is 1.00 bits per heavy atom. The minimum atomic E-state index is 0.335. The maximum Gasteiger partial charge on any atom is 0.0918 e. The molecule has 19 heavy (non-hydrogen) atoms. The molecule has 0 unspecified atom stereocenters. The van der Waals surface area contributed by atoms with Crippen molar-refractivity contribution >= 4 is 5.84 Å². The summed E-state index contributed by atoms with van der Waals surface area (Å²) in [5, 5.41) is 7.32. The summed E-state index contributed by atoms with van der Waals surface area (Å²) in [6.45, 7) is 4.48. The summed E-state index contributed by atoms with van der Waals surface area (Å²) in [4.78, 5) is 2.55. The molecular formula is C16H33N3. The van der Waals surface area contributed by atoms with E-state index in [1.807, 2.05) is 0 Å². The molecule has 0 saturated heterocycles. The summed E-state index contributed by atoms with van der Waals surface area (Å²) in [5.41, 5.74) is 5.45. The quantitative estimate of drug-likeness (QED) is 0.302. The average molecular weight is 267 g/mol. The van der Waals surface area contributed by atoms with Crippen molar-refractivity contribution < 1.29 is 0 Å². The molecule has 1 fully saturated rings. The smallest absolute Gasteiger partial charge is 0.0918 e. The lowest BCUT2D eigenvalue weighted by Gasteiger charge is -2.21. The van der Waals surface area contributed by atoms with Gasteiger partial charge in [-0.25, -0.2) is 0 Å². The Labute approximate surface area is 119 Å². The number of hydrogen-bond acceptors (Lipinski definition) is 2. The van der Waals surface area contributed by atoms with Crippen molar-refractivity contribution in [1.29, 1.82) is 5.41 Å². The number of nitrogens with zero attached hydrogens (tertiary/aromatic N) is 1. The highest BCUT2D eigenvalue weighted by atomic mass is 15.2. The van der Waals surface area contributed by atoms with Gasteiger partial charge in [-0.3, -0.25) is 10.3 Å². The molecule has 1 aliphatic rings. The summed E-state index contributed by atoms with van der Waals surface area (Å²) in [6, 6.07) is 0.809. The van der Waals surface area contributed by atoms with Crippen molar-refractivity contribution in [1.82, 2.24) is 4.90 Å². The van der Waals surface area contributed by atoms with Crippen LogP contribution in [0.1, 0.15) is 77.6 Å². The van der Waals surface area contributed by atoms with E-state index in [2.05, 4.69) is 11.8 Å². The maximum atomic E-state index is 7.32. The number of nitrogens with two attached hydrogens (primary N) is 1. The molecule has 0 aromatic heterocycles. The molecule has 1 rings (SSSR count). The largest absolute Gasteiger partial charge is 0.388 e. The van der Waals surface area contributed by atoms with Crippen LogP contribution in [-0.4, -0.2) is 29.9 Å². The zero-order chi connectivity index (χ0) is 13.9. The van der Waals surface area contributed by atoms with Crippen molar-refractivity contribution in [2.45, 2.75) is 83.6 Å². The third-order valence-corrected chi connectivity index (χ3v) is 4.03. The molecule has 1 saturated carbocycles. The highest BCUT2D eigenvalue weighted by molar-refractivity contribution is 5.76. The number of nitrogens with one attached hydrogen (secondary N) is 1. The SMILES string of the molecule is CCCCCCCCCCN(CCC(=N)N)C1CC1. The van der Waals surface area contributed by atoms with Crippen LogP contribution < -0.4 is 5.73 Å². The van der Waals surface area contributed by atoms with E-state index < -0.39 is 0 Å². The predicted octanol–water partition coefficient (Wildman–Crippen LogP) is 3.92. The molecule has 0 heterocycles. The van der Waals surface area contributed by atoms with Crippen molar-refractivity contribution in [3.05, 3.63) is 0 Å². The fraction of sp³-hybridized carbons (Fsp3) is 0.938. The van der Waals surface area contributed by atoms with E-state index in [0.29, 0.717) is 5.84 Å². The van der Waals surface area contributed by atoms with Gasteiger partial charge in [0.2, 0.25) is 0 Å². The Balaban J connectivity index is 1.94. The van der Waals surface area contributed by atoms with Crippen LogP contribution in [0.2, 0.25) is 0 Å². The van der Waals surface area contributed by atoms with Crippen LogP contribution in [-0.2, 0) is 0 Å². The van der Waals surface area contributed by atoms with Crippen molar-refractivity contribution in [2.75, 3.05) is 13.1 Å². The monoisotopic (exact) mass is 267 g/mol. The van der Waals surface area contributed by atoms with Crippen LogP contribution >= 0.6 is 0 Å². The van der Waals surface area contributed by atoms with Gasteiger partial charge in [0.1, 0.15) is 0 Å². The summed E-state index contributed by atoms with van der Waals surface area (Å²) < 4.78 is 0. The van der Waals surface area contributed by atoms with Gasteiger partial charge in [-0.05, 0) is 25.8 Å². The lowest BCUT2D eigenvalue weighted by atomic mass is 10.1. The van der Waals surface area contributed by atoms with Crippen molar-refractivity contribution in [3.63, 3.8) is 0 Å². The highest BCUT2D eigenvalue weighted by Crippen LogP contribution is 2.27. The van der Waals surface area contributed by atoms with Crippen LogP contribution in [0.4, 0.5) is 0 Å². The van der Waals surface area contributed by atoms with Gasteiger partial charge in [-0.2, -0.15) is 0 Å². The molecule has 1 aliphatic carbocycles. The lowest BCUT2D eigenvalue weighted by Crippen LogP contribution is -2.30. The van der Waals surface area contributed by atoms with Crippen LogP contribution in [0, 0.1) is 5.41 Å². The zero-order valence-electron chi connectivity index (χ0n) is 12.8. The molecule has 3 heteroatoms. The number of unbranched alkanes of at least 4 members (excludes halogenated alkanes) is 7. The van der Waals surface area contributed by atoms with Gasteiger partial charge in [0.25, 0.3) is 0 Å². The van der Waals surface area contributed by atoms with E-state index in [1.165, 1.54) is 70.8 Å². The number of rotatable bonds is 13. The first kappa shape index (κ1) is 16.5. The van der Waals surface area contributed by atoms with Gasteiger partial charge in [-0.15, -0.1) is 0 Å². The van der Waals surface area contributed by atoms with Crippen molar-refractivity contribution in [3.8, 4) is 0 Å². The molecule has 0 bridgehead atoms. The Morgan fingerprint density at radius 3 is 2.11 bits per heavy atom. The minimum absolute atomic E-state index is 0.335. The minimum Gasteiger partial charge on any atom is -0.388 e. The molecule has 0 atom stereocenters. The Bertz CT molecular complexity index is 236. The maximum absolute atomic E-state index is 7.32. The molecule has 0 amide bonds. The number of hydrogen-bond donors (Lipinski definition) is 2. The second kappa shape index (κ2) is 10.2. The zero-order valence-corrected chi connectivity index (χ0v) is 12.8. The summed E-state index contributed by atoms with van der Waals surface area (Å²) in [5.74, 6) is 0.335. The summed E-state index contributed by atoms with van der Waals surface area (Å²) >= 11 is 0. The fourth-order valence-corrected chi connectivity index (χ4v) is 2.63. The van der Waals surface area contributed by atoms with Crippen LogP contribution in [0.5, 0.6) is 0 Å². The lowest BCUT2D eigenvalue weighted by molar-refractivity contribution is 0.263. The normalized spacial score (nSPS) is 15.1. The van der Waals surface area contributed by atoms with Gasteiger partial charge in [0.05, 0.1) is 5.84 Å². The van der Waals surface area contributed by atoms with Gasteiger partial charge in [0, 0.05) is 19.0 Å². The van der Waals surface area contributed by atoms with Crippen LogP contribution in [0.25, 0.3) is 0 Å². The van der Waals surface area contributed by atoms with E-state index in [0.717, 1.165) is 19.0 Å². The van der Waals surface area contributed by atoms with Crippen LogP contribution in [0.3, 0.4) is 0 Å². The topological polar surface area (TPSA) is 53.1 Å². The van der Waals surface area contributed by atoms with Crippen molar-refractivity contribution in [2.24, 2.45) is 5.73 Å². The highest BCUT2D eigenvalue weighted by Gasteiger charge is 2.27. The molecule has 0 aromatic rings. The van der Waals surface area contributed by atoms with E-state index >= 15 is 0 Å². The molecule has 0 aliphatic heterocycles. The second-order valence-electron chi connectivity index (χ2n) is 6.02. The molecule has 3 nitrogen and oxygen atoms in total. The molecule has 0 radical (unpaired) electrons. The molecular weight excluding hydrogens is 234 g/mol. The van der Waals surface area contributed by atoms with E-state index in [4.69, 9.17) is 11.1 Å². The van der Waals surface area contributed by atoms with E-state index in [9.17, 15) is 0 Å². The average Bonchev–Trinajstić information content (AvgIpc) is 3.20. The van der Waals surface area contributed by atoms with E-state index in [-0.39, 0.29) is 0 Å². The third-order valence-electron chi connectivity index (χ3n) is 4.03. The fourth-order valence-electron chi connectivity index (χ4n) is 2.63.